The Labute approximate surface area is 168 Å². The molecule has 2 heterocycles. The van der Waals surface area contributed by atoms with Gasteiger partial charge in [-0.1, -0.05) is 12.6 Å². The van der Waals surface area contributed by atoms with Crippen LogP contribution >= 0.6 is 0 Å². The molecule has 1 aliphatic heterocycles. The van der Waals surface area contributed by atoms with Crippen LogP contribution in [0, 0.1) is 11.6 Å². The summed E-state index contributed by atoms with van der Waals surface area (Å²) >= 11 is 0. The molecule has 2 aromatic carbocycles. The third-order valence-electron chi connectivity index (χ3n) is 5.90. The lowest BCUT2D eigenvalue weighted by Gasteiger charge is -2.16. The van der Waals surface area contributed by atoms with Crippen molar-refractivity contribution in [3.05, 3.63) is 78.0 Å². The molecule has 5 rings (SSSR count). The lowest BCUT2D eigenvalue weighted by molar-refractivity contribution is 0.601. The van der Waals surface area contributed by atoms with Crippen LogP contribution in [0.2, 0.25) is 0 Å². The minimum atomic E-state index is -0.448. The Bertz CT molecular complexity index is 1130. The fourth-order valence-electron chi connectivity index (χ4n) is 4.06. The maximum absolute atomic E-state index is 14.6. The van der Waals surface area contributed by atoms with Crippen LogP contribution < -0.4 is 9.80 Å². The van der Waals surface area contributed by atoms with Gasteiger partial charge in [0.05, 0.1) is 29.1 Å². The van der Waals surface area contributed by atoms with E-state index in [1.54, 1.807) is 6.33 Å². The fraction of sp³-hybridized carbons (Fsp3) is 0.261. The van der Waals surface area contributed by atoms with E-state index in [9.17, 15) is 8.78 Å². The summed E-state index contributed by atoms with van der Waals surface area (Å²) in [5.41, 5.74) is 5.06. The predicted octanol–water partition coefficient (Wildman–Crippen LogP) is 5.11. The van der Waals surface area contributed by atoms with E-state index in [4.69, 9.17) is 0 Å². The quantitative estimate of drug-likeness (QED) is 0.617. The molecule has 148 valence electrons. The van der Waals surface area contributed by atoms with E-state index in [2.05, 4.69) is 39.6 Å². The number of fused-ring (bicyclic) bond motifs is 1. The van der Waals surface area contributed by atoms with Gasteiger partial charge in [0, 0.05) is 32.1 Å². The summed E-state index contributed by atoms with van der Waals surface area (Å²) in [6, 6.07) is 9.85. The van der Waals surface area contributed by atoms with Crippen molar-refractivity contribution in [1.29, 1.82) is 0 Å². The second-order valence-corrected chi connectivity index (χ2v) is 7.86. The number of imidazole rings is 1. The molecule has 1 aliphatic carbocycles. The molecule has 0 spiro atoms. The molecule has 1 aromatic heterocycles. The molecule has 0 radical (unpaired) electrons. The van der Waals surface area contributed by atoms with E-state index in [1.165, 1.54) is 12.1 Å². The van der Waals surface area contributed by atoms with Crippen molar-refractivity contribution in [2.24, 2.45) is 0 Å². The first-order valence-electron chi connectivity index (χ1n) is 9.74. The first-order valence-corrected chi connectivity index (χ1v) is 9.74. The average Bonchev–Trinajstić information content (AvgIpc) is 3.44. The number of hydrogen-bond donors (Lipinski definition) is 0. The molecule has 0 bridgehead atoms. The summed E-state index contributed by atoms with van der Waals surface area (Å²) in [5.74, 6) is 0.369. The summed E-state index contributed by atoms with van der Waals surface area (Å²) < 4.78 is 30.4. The number of halogens is 2. The monoisotopic (exact) mass is 392 g/mol. The van der Waals surface area contributed by atoms with E-state index in [0.29, 0.717) is 18.2 Å². The van der Waals surface area contributed by atoms with E-state index in [1.807, 2.05) is 18.7 Å². The molecule has 0 N–H and O–H groups in total. The highest BCUT2D eigenvalue weighted by atomic mass is 19.1. The number of anilines is 2. The highest BCUT2D eigenvalue weighted by Crippen LogP contribution is 2.44. The first-order chi connectivity index (χ1) is 13.9. The molecule has 1 fully saturated rings. The highest BCUT2D eigenvalue weighted by molar-refractivity contribution is 5.82. The standard InChI is InChI=1S/C23H22F2N4/c1-14-27(2)20-9-4-15(10-21(20)28(14)3)12-29-13-26-22(16-5-6-16)23(29)18-11-17(24)7-8-19(18)25/h4,7-11,13,16H,1,5-6,12H2,2-3H3. The van der Waals surface area contributed by atoms with Crippen LogP contribution in [-0.4, -0.2) is 23.6 Å². The van der Waals surface area contributed by atoms with Crippen LogP contribution in [0.25, 0.3) is 11.3 Å². The van der Waals surface area contributed by atoms with Gasteiger partial charge >= 0.3 is 0 Å². The fourth-order valence-corrected chi connectivity index (χ4v) is 4.06. The lowest BCUT2D eigenvalue weighted by atomic mass is 10.1. The molecule has 0 atom stereocenters. The van der Waals surface area contributed by atoms with Gasteiger partial charge in [0.15, 0.2) is 0 Å². The number of aromatic nitrogens is 2. The van der Waals surface area contributed by atoms with Crippen LogP contribution in [0.1, 0.15) is 30.0 Å². The topological polar surface area (TPSA) is 24.3 Å². The first kappa shape index (κ1) is 17.9. The van der Waals surface area contributed by atoms with Gasteiger partial charge in [-0.05, 0) is 48.7 Å². The molecule has 0 amide bonds. The van der Waals surface area contributed by atoms with E-state index >= 15 is 0 Å². The SMILES string of the molecule is C=C1N(C)c2ccc(Cn3cnc(C4CC4)c3-c3cc(F)ccc3F)cc2N1C. The third kappa shape index (κ3) is 2.90. The third-order valence-corrected chi connectivity index (χ3v) is 5.90. The maximum atomic E-state index is 14.6. The van der Waals surface area contributed by atoms with Crippen molar-refractivity contribution < 1.29 is 8.78 Å². The van der Waals surface area contributed by atoms with Gasteiger partial charge in [-0.2, -0.15) is 0 Å². The molecule has 2 aliphatic rings. The van der Waals surface area contributed by atoms with Crippen molar-refractivity contribution in [2.45, 2.75) is 25.3 Å². The van der Waals surface area contributed by atoms with Gasteiger partial charge in [-0.15, -0.1) is 0 Å². The zero-order chi connectivity index (χ0) is 20.3. The summed E-state index contributed by atoms with van der Waals surface area (Å²) in [6.45, 7) is 4.64. The lowest BCUT2D eigenvalue weighted by Crippen LogP contribution is -2.20. The van der Waals surface area contributed by atoms with Gasteiger partial charge in [-0.3, -0.25) is 0 Å². The predicted molar refractivity (Wildman–Crippen MR) is 111 cm³/mol. The van der Waals surface area contributed by atoms with Crippen LogP contribution in [0.3, 0.4) is 0 Å². The normalized spacial score (nSPS) is 15.9. The molecule has 3 aromatic rings. The molecule has 29 heavy (non-hydrogen) atoms. The average molecular weight is 392 g/mol. The molecular weight excluding hydrogens is 370 g/mol. The van der Waals surface area contributed by atoms with Gasteiger partial charge in [-0.25, -0.2) is 13.8 Å². The van der Waals surface area contributed by atoms with Crippen LogP contribution in [0.5, 0.6) is 0 Å². The van der Waals surface area contributed by atoms with Gasteiger partial charge in [0.2, 0.25) is 0 Å². The summed E-state index contributed by atoms with van der Waals surface area (Å²) in [7, 11) is 3.98. The number of rotatable bonds is 4. The maximum Gasteiger partial charge on any atom is 0.132 e. The zero-order valence-electron chi connectivity index (χ0n) is 16.5. The summed E-state index contributed by atoms with van der Waals surface area (Å²) in [5, 5.41) is 0. The zero-order valence-corrected chi connectivity index (χ0v) is 16.5. The van der Waals surface area contributed by atoms with Crippen LogP contribution in [0.15, 0.2) is 55.1 Å². The Balaban J connectivity index is 1.57. The number of nitrogens with zero attached hydrogens (tertiary/aromatic N) is 4. The number of benzene rings is 2. The molecule has 0 saturated heterocycles. The van der Waals surface area contributed by atoms with Gasteiger partial charge in [0.1, 0.15) is 17.5 Å². The summed E-state index contributed by atoms with van der Waals surface area (Å²) in [6.07, 6.45) is 3.83. The second kappa shape index (κ2) is 6.44. The minimum absolute atomic E-state index is 0.274. The highest BCUT2D eigenvalue weighted by Gasteiger charge is 2.31. The van der Waals surface area contributed by atoms with Crippen molar-refractivity contribution in [3.8, 4) is 11.3 Å². The van der Waals surface area contributed by atoms with Crippen LogP contribution in [0.4, 0.5) is 20.2 Å². The van der Waals surface area contributed by atoms with Crippen molar-refractivity contribution in [1.82, 2.24) is 9.55 Å². The Morgan fingerprint density at radius 1 is 1.03 bits per heavy atom. The van der Waals surface area contributed by atoms with Gasteiger partial charge in [0.25, 0.3) is 0 Å². The van der Waals surface area contributed by atoms with Crippen molar-refractivity contribution in [2.75, 3.05) is 23.9 Å². The minimum Gasteiger partial charge on any atom is -0.330 e. The second-order valence-electron chi connectivity index (χ2n) is 7.86. The molecule has 6 heteroatoms. The Kier molecular flexibility index (Phi) is 3.98. The molecule has 1 saturated carbocycles. The number of hydrogen-bond acceptors (Lipinski definition) is 3. The Morgan fingerprint density at radius 3 is 2.55 bits per heavy atom. The van der Waals surface area contributed by atoms with Crippen molar-refractivity contribution in [3.63, 3.8) is 0 Å². The van der Waals surface area contributed by atoms with E-state index in [0.717, 1.165) is 47.4 Å². The Hall–Kier alpha value is -3.15. The largest absolute Gasteiger partial charge is 0.330 e. The Morgan fingerprint density at radius 2 is 1.79 bits per heavy atom. The summed E-state index contributed by atoms with van der Waals surface area (Å²) in [4.78, 5) is 8.68. The van der Waals surface area contributed by atoms with E-state index in [-0.39, 0.29) is 5.56 Å². The van der Waals surface area contributed by atoms with E-state index < -0.39 is 11.6 Å². The van der Waals surface area contributed by atoms with Crippen LogP contribution in [-0.2, 0) is 6.54 Å². The van der Waals surface area contributed by atoms with Gasteiger partial charge < -0.3 is 14.4 Å². The molecule has 4 nitrogen and oxygen atoms in total. The van der Waals surface area contributed by atoms with Crippen molar-refractivity contribution >= 4 is 11.4 Å². The molecular formula is C23H22F2N4. The molecule has 0 unspecified atom stereocenters. The smallest absolute Gasteiger partial charge is 0.132 e.